The molecular formula is C15H11ClF2N2O2S. The van der Waals surface area contributed by atoms with Crippen molar-refractivity contribution in [3.8, 4) is 0 Å². The molecule has 0 amide bonds. The summed E-state index contributed by atoms with van der Waals surface area (Å²) in [5, 5.41) is 0.867. The summed E-state index contributed by atoms with van der Waals surface area (Å²) in [6.45, 7) is 0. The molecule has 2 aromatic carbocycles. The van der Waals surface area contributed by atoms with E-state index in [9.17, 15) is 17.2 Å². The van der Waals surface area contributed by atoms with Crippen molar-refractivity contribution in [3.63, 3.8) is 0 Å². The Morgan fingerprint density at radius 3 is 2.61 bits per heavy atom. The fourth-order valence-corrected chi connectivity index (χ4v) is 3.82. The van der Waals surface area contributed by atoms with Gasteiger partial charge in [-0.15, -0.1) is 0 Å². The molecular weight excluding hydrogens is 346 g/mol. The van der Waals surface area contributed by atoms with Gasteiger partial charge in [-0.1, -0.05) is 11.6 Å². The van der Waals surface area contributed by atoms with Crippen LogP contribution in [0.2, 0.25) is 5.02 Å². The largest absolute Gasteiger partial charge is 0.360 e. The average Bonchev–Trinajstić information content (AvgIpc) is 2.92. The van der Waals surface area contributed by atoms with Crippen molar-refractivity contribution in [2.75, 3.05) is 11.4 Å². The molecule has 0 radical (unpaired) electrons. The second-order valence-electron chi connectivity index (χ2n) is 4.91. The van der Waals surface area contributed by atoms with E-state index in [1.807, 2.05) is 0 Å². The summed E-state index contributed by atoms with van der Waals surface area (Å²) >= 11 is 5.87. The molecule has 8 heteroatoms. The molecule has 3 rings (SSSR count). The van der Waals surface area contributed by atoms with E-state index in [1.165, 1.54) is 13.2 Å². The van der Waals surface area contributed by atoms with Crippen LogP contribution in [-0.4, -0.2) is 20.4 Å². The van der Waals surface area contributed by atoms with Gasteiger partial charge in [0.05, 0.1) is 5.69 Å². The highest BCUT2D eigenvalue weighted by Crippen LogP contribution is 2.30. The number of nitrogens with zero attached hydrogens (tertiary/aromatic N) is 1. The van der Waals surface area contributed by atoms with Crippen molar-refractivity contribution >= 4 is 38.2 Å². The first kappa shape index (κ1) is 15.8. The zero-order valence-corrected chi connectivity index (χ0v) is 13.4. The SMILES string of the molecule is CN(c1cc(F)ccc1F)S(=O)(=O)c1c[nH]c2cc(Cl)ccc12. The molecule has 0 fully saturated rings. The molecule has 0 saturated heterocycles. The first-order valence-corrected chi connectivity index (χ1v) is 8.33. The van der Waals surface area contributed by atoms with Crippen molar-refractivity contribution in [1.82, 2.24) is 4.98 Å². The topological polar surface area (TPSA) is 53.2 Å². The Labute approximate surface area is 136 Å². The molecule has 1 aromatic heterocycles. The number of aromatic amines is 1. The van der Waals surface area contributed by atoms with E-state index in [0.717, 1.165) is 18.2 Å². The monoisotopic (exact) mass is 356 g/mol. The van der Waals surface area contributed by atoms with Gasteiger partial charge < -0.3 is 4.98 Å². The second kappa shape index (κ2) is 5.50. The normalized spacial score (nSPS) is 11.8. The number of aromatic nitrogens is 1. The first-order chi connectivity index (χ1) is 10.8. The average molecular weight is 357 g/mol. The van der Waals surface area contributed by atoms with Gasteiger partial charge in [-0.3, -0.25) is 4.31 Å². The number of fused-ring (bicyclic) bond motifs is 1. The summed E-state index contributed by atoms with van der Waals surface area (Å²) in [6, 6.07) is 7.33. The number of H-pyrrole nitrogens is 1. The highest BCUT2D eigenvalue weighted by Gasteiger charge is 2.26. The minimum Gasteiger partial charge on any atom is -0.360 e. The van der Waals surface area contributed by atoms with Gasteiger partial charge >= 0.3 is 0 Å². The van der Waals surface area contributed by atoms with E-state index in [2.05, 4.69) is 4.98 Å². The van der Waals surface area contributed by atoms with Crippen LogP contribution in [0.1, 0.15) is 0 Å². The lowest BCUT2D eigenvalue weighted by Crippen LogP contribution is -2.27. The molecule has 0 bridgehead atoms. The fourth-order valence-electron chi connectivity index (χ4n) is 2.29. The van der Waals surface area contributed by atoms with Crippen molar-refractivity contribution in [3.05, 3.63) is 59.3 Å². The van der Waals surface area contributed by atoms with Gasteiger partial charge in [-0.05, 0) is 30.3 Å². The maximum atomic E-state index is 13.9. The summed E-state index contributed by atoms with van der Waals surface area (Å²) in [4.78, 5) is 2.76. The summed E-state index contributed by atoms with van der Waals surface area (Å²) in [5.41, 5.74) is 0.164. The van der Waals surface area contributed by atoms with Crippen LogP contribution in [0, 0.1) is 11.6 Å². The van der Waals surface area contributed by atoms with Crippen molar-refractivity contribution < 1.29 is 17.2 Å². The number of sulfonamides is 1. The van der Waals surface area contributed by atoms with Crippen LogP contribution in [-0.2, 0) is 10.0 Å². The minimum absolute atomic E-state index is 0.0460. The Kier molecular flexibility index (Phi) is 3.77. The van der Waals surface area contributed by atoms with Gasteiger partial charge in [-0.2, -0.15) is 0 Å². The van der Waals surface area contributed by atoms with Crippen LogP contribution >= 0.6 is 11.6 Å². The van der Waals surface area contributed by atoms with E-state index in [1.54, 1.807) is 18.2 Å². The Hall–Kier alpha value is -2.12. The summed E-state index contributed by atoms with van der Waals surface area (Å²) in [5.74, 6) is -1.56. The molecule has 1 N–H and O–H groups in total. The van der Waals surface area contributed by atoms with E-state index in [4.69, 9.17) is 11.6 Å². The predicted octanol–water partition coefficient (Wildman–Crippen LogP) is 3.92. The van der Waals surface area contributed by atoms with E-state index in [0.29, 0.717) is 20.2 Å². The minimum atomic E-state index is -4.08. The maximum absolute atomic E-state index is 13.9. The third kappa shape index (κ3) is 2.66. The summed E-state index contributed by atoms with van der Waals surface area (Å²) in [7, 11) is -2.91. The molecule has 0 spiro atoms. The fraction of sp³-hybridized carbons (Fsp3) is 0.0667. The number of anilines is 1. The Bertz CT molecular complexity index is 1000. The van der Waals surface area contributed by atoms with Crippen LogP contribution in [0.5, 0.6) is 0 Å². The van der Waals surface area contributed by atoms with Gasteiger partial charge in [0.25, 0.3) is 10.0 Å². The Morgan fingerprint density at radius 2 is 1.87 bits per heavy atom. The van der Waals surface area contributed by atoms with Crippen LogP contribution < -0.4 is 4.31 Å². The summed E-state index contributed by atoms with van der Waals surface area (Å²) < 4.78 is 53.4. The standard InChI is InChI=1S/C15H11ClF2N2O2S/c1-20(14-7-10(17)3-5-12(14)18)23(21,22)15-8-19-13-6-9(16)2-4-11(13)15/h2-8,19H,1H3. The van der Waals surface area contributed by atoms with Crippen molar-refractivity contribution in [2.24, 2.45) is 0 Å². The zero-order valence-electron chi connectivity index (χ0n) is 11.8. The smallest absolute Gasteiger partial charge is 0.266 e. The van der Waals surface area contributed by atoms with Crippen molar-refractivity contribution in [1.29, 1.82) is 0 Å². The zero-order chi connectivity index (χ0) is 16.8. The number of benzene rings is 2. The first-order valence-electron chi connectivity index (χ1n) is 6.51. The van der Waals surface area contributed by atoms with E-state index in [-0.39, 0.29) is 10.6 Å². The van der Waals surface area contributed by atoms with Crippen LogP contribution in [0.4, 0.5) is 14.5 Å². The Morgan fingerprint density at radius 1 is 1.13 bits per heavy atom. The highest BCUT2D eigenvalue weighted by molar-refractivity contribution is 7.93. The molecule has 1 heterocycles. The van der Waals surface area contributed by atoms with Gasteiger partial charge in [0.1, 0.15) is 16.5 Å². The number of hydrogen-bond donors (Lipinski definition) is 1. The maximum Gasteiger partial charge on any atom is 0.266 e. The number of nitrogens with one attached hydrogen (secondary N) is 1. The van der Waals surface area contributed by atoms with Crippen LogP contribution in [0.3, 0.4) is 0 Å². The highest BCUT2D eigenvalue weighted by atomic mass is 35.5. The quantitative estimate of drug-likeness (QED) is 0.773. The van der Waals surface area contributed by atoms with E-state index >= 15 is 0 Å². The molecule has 23 heavy (non-hydrogen) atoms. The van der Waals surface area contributed by atoms with Crippen LogP contribution in [0.15, 0.2) is 47.5 Å². The molecule has 0 atom stereocenters. The number of rotatable bonds is 3. The third-order valence-corrected chi connectivity index (χ3v) is 5.54. The second-order valence-corrected chi connectivity index (χ2v) is 7.29. The predicted molar refractivity (Wildman–Crippen MR) is 85.3 cm³/mol. The van der Waals surface area contributed by atoms with Gasteiger partial charge in [0, 0.05) is 35.2 Å². The summed E-state index contributed by atoms with van der Waals surface area (Å²) in [6.07, 6.45) is 1.30. The van der Waals surface area contributed by atoms with Crippen molar-refractivity contribution in [2.45, 2.75) is 4.90 Å². The van der Waals surface area contributed by atoms with E-state index < -0.39 is 21.7 Å². The van der Waals surface area contributed by atoms with Gasteiger partial charge in [-0.25, -0.2) is 17.2 Å². The lowest BCUT2D eigenvalue weighted by Gasteiger charge is -2.19. The number of hydrogen-bond acceptors (Lipinski definition) is 2. The molecule has 0 aliphatic carbocycles. The molecule has 120 valence electrons. The molecule has 4 nitrogen and oxygen atoms in total. The molecule has 0 aliphatic heterocycles. The molecule has 0 saturated carbocycles. The lowest BCUT2D eigenvalue weighted by molar-refractivity contribution is 0.586. The molecule has 3 aromatic rings. The molecule has 0 aliphatic rings. The van der Waals surface area contributed by atoms with Crippen LogP contribution in [0.25, 0.3) is 10.9 Å². The third-order valence-electron chi connectivity index (χ3n) is 3.49. The Balaban J connectivity index is 2.15. The lowest BCUT2D eigenvalue weighted by atomic mass is 10.2. The van der Waals surface area contributed by atoms with Gasteiger partial charge in [0.15, 0.2) is 0 Å². The molecule has 0 unspecified atom stereocenters. The number of halogens is 3. The van der Waals surface area contributed by atoms with Gasteiger partial charge in [0.2, 0.25) is 0 Å².